The van der Waals surface area contributed by atoms with Crippen molar-refractivity contribution in [2.75, 3.05) is 25.0 Å². The highest BCUT2D eigenvalue weighted by atomic mass is 16.2. The van der Waals surface area contributed by atoms with E-state index in [1.807, 2.05) is 25.2 Å². The summed E-state index contributed by atoms with van der Waals surface area (Å²) in [5.74, 6) is 0.883. The fraction of sp³-hybridized carbons (Fsp3) is 0.235. The molecule has 0 N–H and O–H groups in total. The molecule has 1 aromatic heterocycles. The first kappa shape index (κ1) is 14.1. The Hall–Kier alpha value is -2.87. The largest absolute Gasteiger partial charge is 0.352 e. The molecule has 0 radical (unpaired) electrons. The number of aromatic nitrogens is 1. The first-order chi connectivity index (χ1) is 10.7. The Bertz CT molecular complexity index is 717. The lowest BCUT2D eigenvalue weighted by molar-refractivity contribution is 0.0705. The zero-order valence-electron chi connectivity index (χ0n) is 12.3. The number of likely N-dealkylation sites (N-methyl/N-ethyl adjacent to an activating group) is 1. The zero-order valence-corrected chi connectivity index (χ0v) is 12.3. The molecule has 0 bridgehead atoms. The molecule has 1 aliphatic heterocycles. The molecule has 0 unspecified atom stereocenters. The van der Waals surface area contributed by atoms with Crippen LogP contribution in [0.1, 0.15) is 15.9 Å². The summed E-state index contributed by atoms with van der Waals surface area (Å²) < 4.78 is 0. The molecule has 0 saturated carbocycles. The summed E-state index contributed by atoms with van der Waals surface area (Å²) in [6.45, 7) is 1.55. The van der Waals surface area contributed by atoms with Crippen LogP contribution in [-0.2, 0) is 0 Å². The van der Waals surface area contributed by atoms with Gasteiger partial charge in [0.15, 0.2) is 0 Å². The maximum absolute atomic E-state index is 12.5. The van der Waals surface area contributed by atoms with Gasteiger partial charge in [0, 0.05) is 31.9 Å². The number of pyridine rings is 1. The van der Waals surface area contributed by atoms with E-state index < -0.39 is 0 Å². The normalized spacial score (nSPS) is 14.1. The summed E-state index contributed by atoms with van der Waals surface area (Å²) in [4.78, 5) is 20.7. The molecular weight excluding hydrogens is 276 g/mol. The number of benzene rings is 1. The molecule has 2 heterocycles. The van der Waals surface area contributed by atoms with Crippen molar-refractivity contribution in [2.24, 2.45) is 0 Å². The van der Waals surface area contributed by atoms with Crippen LogP contribution >= 0.6 is 0 Å². The van der Waals surface area contributed by atoms with Crippen LogP contribution in [0.3, 0.4) is 0 Å². The van der Waals surface area contributed by atoms with Gasteiger partial charge in [0.1, 0.15) is 5.82 Å². The van der Waals surface area contributed by atoms with Crippen LogP contribution in [0.2, 0.25) is 0 Å². The molecule has 2 aromatic rings. The highest BCUT2D eigenvalue weighted by molar-refractivity contribution is 5.94. The van der Waals surface area contributed by atoms with Gasteiger partial charge in [0.2, 0.25) is 0 Å². The van der Waals surface area contributed by atoms with Gasteiger partial charge in [0.25, 0.3) is 5.91 Å². The number of hydrogen-bond acceptors (Lipinski definition) is 4. The molecule has 1 aliphatic rings. The van der Waals surface area contributed by atoms with E-state index in [9.17, 15) is 4.79 Å². The number of nitriles is 1. The molecule has 0 aliphatic carbocycles. The van der Waals surface area contributed by atoms with E-state index in [1.165, 1.54) is 0 Å². The van der Waals surface area contributed by atoms with Crippen LogP contribution in [-0.4, -0.2) is 42.0 Å². The topological polar surface area (TPSA) is 60.2 Å². The number of rotatable bonds is 3. The van der Waals surface area contributed by atoms with Crippen molar-refractivity contribution in [1.29, 1.82) is 5.26 Å². The molecule has 0 atom stereocenters. The number of amides is 1. The predicted octanol–water partition coefficient (Wildman–Crippen LogP) is 1.91. The average molecular weight is 292 g/mol. The summed E-state index contributed by atoms with van der Waals surface area (Å²) in [6.07, 6.45) is 1.77. The van der Waals surface area contributed by atoms with Gasteiger partial charge in [-0.25, -0.2) is 4.98 Å². The summed E-state index contributed by atoms with van der Waals surface area (Å²) in [6, 6.07) is 14.8. The number of hydrogen-bond donors (Lipinski definition) is 0. The van der Waals surface area contributed by atoms with Gasteiger partial charge >= 0.3 is 0 Å². The summed E-state index contributed by atoms with van der Waals surface area (Å²) in [7, 11) is 1.81. The minimum absolute atomic E-state index is 0.0530. The zero-order chi connectivity index (χ0) is 15.5. The molecule has 3 rings (SSSR count). The fourth-order valence-electron chi connectivity index (χ4n) is 2.52. The molecule has 22 heavy (non-hydrogen) atoms. The molecule has 5 heteroatoms. The van der Waals surface area contributed by atoms with Crippen LogP contribution in [0.25, 0.3) is 0 Å². The molecule has 0 spiro atoms. The third kappa shape index (κ3) is 2.63. The van der Waals surface area contributed by atoms with Crippen molar-refractivity contribution in [3.05, 3.63) is 59.8 Å². The summed E-state index contributed by atoms with van der Waals surface area (Å²) in [5, 5.41) is 8.92. The molecule has 110 valence electrons. The van der Waals surface area contributed by atoms with Crippen LogP contribution in [0.4, 0.5) is 5.82 Å². The Morgan fingerprint density at radius 1 is 1.32 bits per heavy atom. The average Bonchev–Trinajstić information content (AvgIpc) is 2.53. The van der Waals surface area contributed by atoms with Gasteiger partial charge < -0.3 is 9.80 Å². The van der Waals surface area contributed by atoms with Gasteiger partial charge in [-0.1, -0.05) is 12.1 Å². The van der Waals surface area contributed by atoms with Crippen molar-refractivity contribution >= 4 is 11.7 Å². The lowest BCUT2D eigenvalue weighted by Crippen LogP contribution is -2.60. The Balaban J connectivity index is 1.64. The maximum Gasteiger partial charge on any atom is 0.254 e. The minimum Gasteiger partial charge on any atom is -0.352 e. The predicted molar refractivity (Wildman–Crippen MR) is 83.5 cm³/mol. The van der Waals surface area contributed by atoms with Gasteiger partial charge in [-0.2, -0.15) is 5.26 Å². The van der Waals surface area contributed by atoms with Crippen molar-refractivity contribution in [1.82, 2.24) is 9.88 Å². The van der Waals surface area contributed by atoms with Crippen molar-refractivity contribution in [3.8, 4) is 6.07 Å². The first-order valence-electron chi connectivity index (χ1n) is 7.12. The second-order valence-electron chi connectivity index (χ2n) is 5.36. The van der Waals surface area contributed by atoms with Crippen LogP contribution in [0, 0.1) is 11.3 Å². The van der Waals surface area contributed by atoms with Gasteiger partial charge in [-0.15, -0.1) is 0 Å². The van der Waals surface area contributed by atoms with E-state index >= 15 is 0 Å². The second-order valence-corrected chi connectivity index (χ2v) is 5.36. The number of carbonyl (C=O) groups is 1. The Morgan fingerprint density at radius 3 is 2.82 bits per heavy atom. The Kier molecular flexibility index (Phi) is 3.75. The SMILES string of the molecule is CN(C(=O)c1cccc(C#N)c1)C1CN(c2ccccn2)C1. The first-order valence-corrected chi connectivity index (χ1v) is 7.12. The van der Waals surface area contributed by atoms with Gasteiger partial charge in [0.05, 0.1) is 17.7 Å². The number of carbonyl (C=O) groups excluding carboxylic acids is 1. The van der Waals surface area contributed by atoms with Crippen molar-refractivity contribution < 1.29 is 4.79 Å². The standard InChI is InChI=1S/C17H16N4O/c1-20(17(22)14-6-4-5-13(9-14)10-18)15-11-21(12-15)16-7-2-3-8-19-16/h2-9,15H,11-12H2,1H3. The second kappa shape index (κ2) is 5.86. The van der Waals surface area contributed by atoms with Crippen LogP contribution < -0.4 is 4.90 Å². The molecule has 5 nitrogen and oxygen atoms in total. The van der Waals surface area contributed by atoms with Crippen molar-refractivity contribution in [3.63, 3.8) is 0 Å². The maximum atomic E-state index is 12.5. The van der Waals surface area contributed by atoms with E-state index in [0.717, 1.165) is 18.9 Å². The van der Waals surface area contributed by atoms with E-state index in [2.05, 4.69) is 16.0 Å². The van der Waals surface area contributed by atoms with E-state index in [-0.39, 0.29) is 11.9 Å². The Labute approximate surface area is 129 Å². The highest BCUT2D eigenvalue weighted by Gasteiger charge is 2.33. The number of nitrogens with zero attached hydrogens (tertiary/aromatic N) is 4. The molecule has 1 aromatic carbocycles. The Morgan fingerprint density at radius 2 is 2.14 bits per heavy atom. The lowest BCUT2D eigenvalue weighted by Gasteiger charge is -2.44. The highest BCUT2D eigenvalue weighted by Crippen LogP contribution is 2.22. The van der Waals surface area contributed by atoms with Gasteiger partial charge in [-0.3, -0.25) is 4.79 Å². The number of anilines is 1. The van der Waals surface area contributed by atoms with E-state index in [4.69, 9.17) is 5.26 Å². The van der Waals surface area contributed by atoms with E-state index in [0.29, 0.717) is 11.1 Å². The summed E-state index contributed by atoms with van der Waals surface area (Å²) >= 11 is 0. The third-order valence-electron chi connectivity index (χ3n) is 3.94. The van der Waals surface area contributed by atoms with Gasteiger partial charge in [-0.05, 0) is 30.3 Å². The minimum atomic E-state index is -0.0530. The third-order valence-corrected chi connectivity index (χ3v) is 3.94. The molecule has 1 saturated heterocycles. The fourth-order valence-corrected chi connectivity index (χ4v) is 2.52. The molecule has 1 amide bonds. The van der Waals surface area contributed by atoms with E-state index in [1.54, 1.807) is 35.4 Å². The summed E-state index contributed by atoms with van der Waals surface area (Å²) in [5.41, 5.74) is 1.06. The lowest BCUT2D eigenvalue weighted by atomic mass is 10.1. The van der Waals surface area contributed by atoms with Crippen LogP contribution in [0.15, 0.2) is 48.7 Å². The quantitative estimate of drug-likeness (QED) is 0.867. The monoisotopic (exact) mass is 292 g/mol. The smallest absolute Gasteiger partial charge is 0.254 e. The molecule has 1 fully saturated rings. The van der Waals surface area contributed by atoms with Crippen molar-refractivity contribution in [2.45, 2.75) is 6.04 Å². The molecular formula is C17H16N4O. The van der Waals surface area contributed by atoms with Crippen LogP contribution in [0.5, 0.6) is 0 Å².